The highest BCUT2D eigenvalue weighted by atomic mass is 32.1. The molecule has 1 N–H and O–H groups in total. The van der Waals surface area contributed by atoms with Crippen LogP contribution in [0.25, 0.3) is 16.3 Å². The molecule has 5 rings (SSSR count). The molecule has 0 unspecified atom stereocenters. The van der Waals surface area contributed by atoms with Gasteiger partial charge in [-0.15, -0.1) is 11.3 Å². The standard InChI is InChI=1S/C26H21F3N4O2S/c27-26(28,29)18-6-9-24(31-13-18)35-20-3-1-2-17(11-20)10-16-4-7-19(8-5-16)33-25(34)21-12-23-22(14-30-21)32-15-36-23/h1-3,6,9-15,19H,4-5,7-8H2,(H,33,34). The fourth-order valence-corrected chi connectivity index (χ4v) is 4.74. The van der Waals surface area contributed by atoms with E-state index in [2.05, 4.69) is 26.3 Å². The molecule has 0 spiro atoms. The highest BCUT2D eigenvalue weighted by Gasteiger charge is 2.30. The van der Waals surface area contributed by atoms with Crippen molar-refractivity contribution in [1.29, 1.82) is 0 Å². The maximum Gasteiger partial charge on any atom is 0.417 e. The van der Waals surface area contributed by atoms with Gasteiger partial charge in [0.25, 0.3) is 5.91 Å². The van der Waals surface area contributed by atoms with Crippen LogP contribution < -0.4 is 10.1 Å². The van der Waals surface area contributed by atoms with E-state index >= 15 is 0 Å². The van der Waals surface area contributed by atoms with Gasteiger partial charge < -0.3 is 10.1 Å². The van der Waals surface area contributed by atoms with Crippen molar-refractivity contribution in [2.24, 2.45) is 0 Å². The van der Waals surface area contributed by atoms with Crippen LogP contribution in [0.1, 0.15) is 47.3 Å². The number of aromatic nitrogens is 3. The van der Waals surface area contributed by atoms with E-state index in [9.17, 15) is 18.0 Å². The number of carbonyl (C=O) groups is 1. The Bertz CT molecular complexity index is 1410. The summed E-state index contributed by atoms with van der Waals surface area (Å²) in [6.07, 6.45) is 3.37. The predicted octanol–water partition coefficient (Wildman–Crippen LogP) is 6.65. The normalized spacial score (nSPS) is 16.1. The number of thiazole rings is 1. The van der Waals surface area contributed by atoms with Crippen molar-refractivity contribution in [3.05, 3.63) is 82.8 Å². The lowest BCUT2D eigenvalue weighted by atomic mass is 9.89. The highest BCUT2D eigenvalue weighted by molar-refractivity contribution is 7.16. The third-order valence-electron chi connectivity index (χ3n) is 5.93. The van der Waals surface area contributed by atoms with Crippen LogP contribution in [-0.2, 0) is 6.18 Å². The second-order valence-electron chi connectivity index (χ2n) is 8.50. The summed E-state index contributed by atoms with van der Waals surface area (Å²) in [6.45, 7) is 0. The number of amides is 1. The molecule has 1 aliphatic rings. The summed E-state index contributed by atoms with van der Waals surface area (Å²) in [5, 5.41) is 3.08. The molecule has 1 saturated carbocycles. The van der Waals surface area contributed by atoms with Gasteiger partial charge in [0.15, 0.2) is 0 Å². The minimum Gasteiger partial charge on any atom is -0.439 e. The van der Waals surface area contributed by atoms with E-state index in [1.165, 1.54) is 23.0 Å². The van der Waals surface area contributed by atoms with E-state index in [4.69, 9.17) is 4.74 Å². The van der Waals surface area contributed by atoms with Gasteiger partial charge in [-0.05, 0) is 55.5 Å². The van der Waals surface area contributed by atoms with Crippen molar-refractivity contribution in [2.75, 3.05) is 0 Å². The number of halogens is 3. The van der Waals surface area contributed by atoms with Crippen molar-refractivity contribution in [3.63, 3.8) is 0 Å². The molecular weight excluding hydrogens is 489 g/mol. The van der Waals surface area contributed by atoms with Crippen LogP contribution in [0, 0.1) is 0 Å². The van der Waals surface area contributed by atoms with Crippen molar-refractivity contribution >= 4 is 33.5 Å². The Morgan fingerprint density at radius 3 is 2.64 bits per heavy atom. The van der Waals surface area contributed by atoms with Crippen molar-refractivity contribution < 1.29 is 22.7 Å². The van der Waals surface area contributed by atoms with Crippen LogP contribution in [0.2, 0.25) is 0 Å². The summed E-state index contributed by atoms with van der Waals surface area (Å²) in [6, 6.07) is 11.3. The quantitative estimate of drug-likeness (QED) is 0.325. The maximum absolute atomic E-state index is 12.7. The molecule has 1 aliphatic carbocycles. The Hall–Kier alpha value is -3.79. The number of ether oxygens (including phenoxy) is 1. The van der Waals surface area contributed by atoms with Gasteiger partial charge >= 0.3 is 6.18 Å². The molecule has 10 heteroatoms. The van der Waals surface area contributed by atoms with Crippen LogP contribution in [0.4, 0.5) is 13.2 Å². The van der Waals surface area contributed by atoms with Gasteiger partial charge in [-0.3, -0.25) is 4.79 Å². The second-order valence-corrected chi connectivity index (χ2v) is 9.38. The Labute approximate surface area is 208 Å². The smallest absolute Gasteiger partial charge is 0.417 e. The molecule has 1 fully saturated rings. The number of benzene rings is 1. The second kappa shape index (κ2) is 10.1. The van der Waals surface area contributed by atoms with Gasteiger partial charge in [0, 0.05) is 18.3 Å². The van der Waals surface area contributed by atoms with Crippen LogP contribution in [-0.4, -0.2) is 26.9 Å². The van der Waals surface area contributed by atoms with Gasteiger partial charge in [0.2, 0.25) is 5.88 Å². The van der Waals surface area contributed by atoms with Gasteiger partial charge in [0.1, 0.15) is 11.4 Å². The molecule has 0 radical (unpaired) electrons. The number of hydrogen-bond acceptors (Lipinski definition) is 6. The first kappa shape index (κ1) is 23.9. The van der Waals surface area contributed by atoms with Gasteiger partial charge in [0.05, 0.1) is 27.5 Å². The summed E-state index contributed by atoms with van der Waals surface area (Å²) < 4.78 is 44.7. The molecule has 0 aliphatic heterocycles. The molecule has 0 atom stereocenters. The summed E-state index contributed by atoms with van der Waals surface area (Å²) in [5.41, 5.74) is 4.28. The third-order valence-corrected chi connectivity index (χ3v) is 6.72. The van der Waals surface area contributed by atoms with E-state index in [1.54, 1.807) is 23.8 Å². The van der Waals surface area contributed by atoms with E-state index in [-0.39, 0.29) is 17.8 Å². The zero-order valence-electron chi connectivity index (χ0n) is 19.0. The first-order chi connectivity index (χ1) is 17.3. The largest absolute Gasteiger partial charge is 0.439 e. The lowest BCUT2D eigenvalue weighted by Crippen LogP contribution is -2.36. The first-order valence-corrected chi connectivity index (χ1v) is 12.2. The van der Waals surface area contributed by atoms with E-state index in [0.717, 1.165) is 53.7 Å². The number of carbonyl (C=O) groups excluding carboxylic acids is 1. The van der Waals surface area contributed by atoms with E-state index in [1.807, 2.05) is 18.2 Å². The Morgan fingerprint density at radius 2 is 1.89 bits per heavy atom. The number of nitrogens with zero attached hydrogens (tertiary/aromatic N) is 3. The fraction of sp³-hybridized carbons (Fsp3) is 0.231. The van der Waals surface area contributed by atoms with Crippen molar-refractivity contribution in [3.8, 4) is 11.6 Å². The number of rotatable bonds is 5. The average molecular weight is 511 g/mol. The summed E-state index contributed by atoms with van der Waals surface area (Å²) >= 11 is 1.48. The SMILES string of the molecule is O=C(NC1CCC(=Cc2cccc(Oc3ccc(C(F)(F)F)cn3)c2)CC1)c1cc2scnc2cn1. The number of nitrogens with one attached hydrogen (secondary N) is 1. The predicted molar refractivity (Wildman–Crippen MR) is 131 cm³/mol. The zero-order chi connectivity index (χ0) is 25.1. The lowest BCUT2D eigenvalue weighted by molar-refractivity contribution is -0.137. The average Bonchev–Trinajstić information content (AvgIpc) is 3.33. The monoisotopic (exact) mass is 510 g/mol. The lowest BCUT2D eigenvalue weighted by Gasteiger charge is -2.25. The molecule has 1 aromatic carbocycles. The minimum atomic E-state index is -4.44. The van der Waals surface area contributed by atoms with Crippen LogP contribution >= 0.6 is 11.3 Å². The molecule has 1 amide bonds. The van der Waals surface area contributed by atoms with E-state index in [0.29, 0.717) is 11.4 Å². The van der Waals surface area contributed by atoms with E-state index < -0.39 is 11.7 Å². The molecule has 36 heavy (non-hydrogen) atoms. The number of pyridine rings is 2. The molecule has 0 bridgehead atoms. The van der Waals surface area contributed by atoms with Crippen molar-refractivity contribution in [2.45, 2.75) is 37.9 Å². The Kier molecular flexibility index (Phi) is 6.69. The minimum absolute atomic E-state index is 0.0778. The molecule has 3 aromatic heterocycles. The highest BCUT2D eigenvalue weighted by Crippen LogP contribution is 2.31. The third kappa shape index (κ3) is 5.71. The number of fused-ring (bicyclic) bond motifs is 1. The fourth-order valence-electron chi connectivity index (χ4n) is 4.05. The molecule has 6 nitrogen and oxygen atoms in total. The van der Waals surface area contributed by atoms with Crippen LogP contribution in [0.5, 0.6) is 11.6 Å². The summed E-state index contributed by atoms with van der Waals surface area (Å²) in [4.78, 5) is 24.8. The summed E-state index contributed by atoms with van der Waals surface area (Å²) in [5.74, 6) is 0.403. The maximum atomic E-state index is 12.7. The van der Waals surface area contributed by atoms with Crippen LogP contribution in [0.15, 0.2) is 65.9 Å². The van der Waals surface area contributed by atoms with Gasteiger partial charge in [-0.25, -0.2) is 15.0 Å². The Morgan fingerprint density at radius 1 is 1.06 bits per heavy atom. The zero-order valence-corrected chi connectivity index (χ0v) is 19.8. The number of allylic oxidation sites excluding steroid dienone is 1. The first-order valence-electron chi connectivity index (χ1n) is 11.3. The molecule has 0 saturated heterocycles. The molecule has 3 heterocycles. The van der Waals surface area contributed by atoms with Crippen LogP contribution in [0.3, 0.4) is 0 Å². The molecular formula is C26H21F3N4O2S. The Balaban J connectivity index is 1.17. The number of alkyl halides is 3. The molecule has 184 valence electrons. The topological polar surface area (TPSA) is 77.0 Å². The molecule has 4 aromatic rings. The van der Waals surface area contributed by atoms with Crippen molar-refractivity contribution in [1.82, 2.24) is 20.3 Å². The number of hydrogen-bond donors (Lipinski definition) is 1. The van der Waals surface area contributed by atoms with Gasteiger partial charge in [-0.2, -0.15) is 13.2 Å². The summed E-state index contributed by atoms with van der Waals surface area (Å²) in [7, 11) is 0. The van der Waals surface area contributed by atoms with Gasteiger partial charge in [-0.1, -0.05) is 23.8 Å².